The van der Waals surface area contributed by atoms with E-state index in [0.717, 1.165) is 61.2 Å². The van der Waals surface area contributed by atoms with Gasteiger partial charge in [-0.1, -0.05) is 271 Å². The molecule has 2 unspecified atom stereocenters. The van der Waals surface area contributed by atoms with E-state index in [1.165, 1.54) is 18.7 Å². The van der Waals surface area contributed by atoms with Crippen LogP contribution in [0, 0.1) is 32.6 Å². The normalized spacial score (nSPS) is 16.0. The van der Waals surface area contributed by atoms with Gasteiger partial charge in [-0.2, -0.15) is 0 Å². The number of benzene rings is 8. The first-order valence-electron chi connectivity index (χ1n) is 43.6. The minimum Gasteiger partial charge on any atom is -0.377 e. The summed E-state index contributed by atoms with van der Waals surface area (Å²) in [5.41, 5.74) is 17.5. The molecule has 1 saturated heterocycles. The van der Waals surface area contributed by atoms with Crippen LogP contribution in [0.4, 0.5) is 0 Å². The lowest BCUT2D eigenvalue weighted by Gasteiger charge is -2.37. The molecular weight excluding hydrogens is 1580 g/mol. The van der Waals surface area contributed by atoms with Crippen LogP contribution in [0.2, 0.25) is 0 Å². The fourth-order valence-electron chi connectivity index (χ4n) is 15.9. The first kappa shape index (κ1) is 97.8. The predicted octanol–water partition coefficient (Wildman–Crippen LogP) is 7.67. The largest absolute Gasteiger partial charge is 0.377 e. The highest BCUT2D eigenvalue weighted by Crippen LogP contribution is 2.38. The molecule has 1 aliphatic rings. The topological polar surface area (TPSA) is 396 Å². The van der Waals surface area contributed by atoms with Crippen molar-refractivity contribution in [3.05, 3.63) is 274 Å². The summed E-state index contributed by atoms with van der Waals surface area (Å²) in [5, 5.41) is 82.2. The highest BCUT2D eigenvalue weighted by Gasteiger charge is 2.41. The van der Waals surface area contributed by atoms with E-state index in [1.807, 2.05) is 191 Å². The third kappa shape index (κ3) is 29.0. The highest BCUT2D eigenvalue weighted by atomic mass is 16.3. The summed E-state index contributed by atoms with van der Waals surface area (Å²) < 4.78 is 0. The number of nitrogens with two attached hydrogens (primary N) is 1. The maximum atomic E-state index is 14.6. The lowest BCUT2D eigenvalue weighted by Crippen LogP contribution is -2.62. The van der Waals surface area contributed by atoms with E-state index in [4.69, 9.17) is 5.73 Å². The van der Waals surface area contributed by atoms with Gasteiger partial charge in [0.25, 0.3) is 0 Å². The minimum absolute atomic E-state index is 0.00646. The number of likely N-dealkylation sites (tertiary alicyclic amines) is 1. The summed E-state index contributed by atoms with van der Waals surface area (Å²) in [4.78, 5) is 127. The molecule has 1 aliphatic heterocycles. The average Bonchev–Trinajstić information content (AvgIpc) is 1.08. The van der Waals surface area contributed by atoms with Gasteiger partial charge in [-0.3, -0.25) is 69.7 Å². The van der Waals surface area contributed by atoms with Crippen molar-refractivity contribution in [1.82, 2.24) is 63.4 Å². The van der Waals surface area contributed by atoms with Crippen LogP contribution >= 0.6 is 0 Å². The molecule has 0 aliphatic carbocycles. The third-order valence-electron chi connectivity index (χ3n) is 22.9. The van der Waals surface area contributed by atoms with Gasteiger partial charge < -0.3 is 63.0 Å². The van der Waals surface area contributed by atoms with E-state index in [-0.39, 0.29) is 62.7 Å². The van der Waals surface area contributed by atoms with Crippen LogP contribution < -0.4 is 64.2 Å². The van der Waals surface area contributed by atoms with E-state index in [1.54, 1.807) is 27.7 Å². The maximum Gasteiger partial charge on any atom is 0.243 e. The highest BCUT2D eigenvalue weighted by molar-refractivity contribution is 5.97. The van der Waals surface area contributed by atoms with Gasteiger partial charge in [0, 0.05) is 32.5 Å². The van der Waals surface area contributed by atoms with E-state index in [9.17, 15) is 63.6 Å². The Morgan fingerprint density at radius 3 is 1.45 bits per heavy atom. The van der Waals surface area contributed by atoms with Crippen LogP contribution in [-0.2, 0) is 81.0 Å². The van der Waals surface area contributed by atoms with E-state index >= 15 is 0 Å². The standard InChI is InChI=1S/C99H129N13O13/c1-12-79(104-96(123)86-33-24-50-112(86)98(125)78(100)51-61(3)4)91(118)107-82(53-67(11)114)93(120)110-85(56-69-42-36-64(8)37-43-69)95(122)108-83(55-68-40-34-63(7)35-41-68)90(117)102-60-87(115)111-88(62(5)6)97(124)105-80(13-2)92(119)109-84(57-70-44-46-74(47-45-70)73-27-17-14-18-28-73)94(121)106-81(52-66(10)113)89(116)101-58-71-25-23-26-72(54-71)59-103-99(75-29-19-15-20-30-75,76-31-21-16-22-32-76)77-48-38-65(9)39-49-77/h14-23,25-32,34-49,54,61-62,78-86,88,90,92,94-95,102-103,106,108-109,117,119,121-122H,12-13,24,33,50-53,55-60,100H2,1-11H3,(H,101,116)(H,104,123)(H,105,124)(H,107,118)(H,110,120)(H,111,115)/t78-,79-,80-,81-,82-,83-,84-,85-,86-,88-,90-,92?,94-,95?/m0/s1. The molecule has 14 atom stereocenters. The summed E-state index contributed by atoms with van der Waals surface area (Å²) in [6, 6.07) is 57.9. The van der Waals surface area contributed by atoms with Crippen molar-refractivity contribution in [3.8, 4) is 11.1 Å². The summed E-state index contributed by atoms with van der Waals surface area (Å²) in [6.45, 7) is 19.5. The quantitative estimate of drug-likeness (QED) is 0.0128. The molecule has 125 heavy (non-hydrogen) atoms. The monoisotopic (exact) mass is 1710 g/mol. The molecule has 26 nitrogen and oxygen atoms in total. The fraction of sp³-hybridized carbons (Fsp3) is 0.424. The Morgan fingerprint density at radius 1 is 0.456 bits per heavy atom. The zero-order valence-corrected chi connectivity index (χ0v) is 73.8. The molecule has 8 aromatic rings. The number of hydrogen-bond acceptors (Lipinski definition) is 19. The molecule has 9 rings (SSSR count). The number of nitrogens with one attached hydrogen (secondary N) is 11. The van der Waals surface area contributed by atoms with Crippen LogP contribution in [-0.4, -0.2) is 177 Å². The minimum atomic E-state index is -1.67. The fourth-order valence-corrected chi connectivity index (χ4v) is 15.9. The molecule has 1 heterocycles. The first-order valence-corrected chi connectivity index (χ1v) is 43.6. The van der Waals surface area contributed by atoms with E-state index in [2.05, 4.69) is 114 Å². The number of carbonyl (C=O) groups excluding carboxylic acids is 9. The van der Waals surface area contributed by atoms with Gasteiger partial charge in [0.1, 0.15) is 60.6 Å². The number of rotatable bonds is 48. The van der Waals surface area contributed by atoms with Crippen LogP contribution in [0.3, 0.4) is 0 Å². The van der Waals surface area contributed by atoms with Gasteiger partial charge in [0.05, 0.1) is 48.3 Å². The van der Waals surface area contributed by atoms with Crippen LogP contribution in [0.15, 0.2) is 212 Å². The van der Waals surface area contributed by atoms with Gasteiger partial charge in [0.15, 0.2) is 0 Å². The molecule has 668 valence electrons. The molecular formula is C99H129N13O13. The van der Waals surface area contributed by atoms with Crippen molar-refractivity contribution in [2.24, 2.45) is 17.6 Å². The Bertz CT molecular complexity index is 4760. The SMILES string of the molecule is CC[C@H](NC(=O)[C@@H]1CCCN1C(=O)[C@@H](N)CC(C)C)C(=O)N[C@@H](CC(C)=O)C(=O)N[C@@H](Cc1ccc(C)cc1)C(O)N[C@@H](Cc1ccc(C)cc1)[C@H](O)NCC(=O)N[C@H](C(=O)N[C@@H](CC)C(O)N[C@@H](Cc1ccc(-c2ccccc2)cc1)[C@H](O)N[C@@H](CC(C)=O)C(=O)NCc1cccc(CNC(c2ccccc2)(c2ccccc2)c2ccc(C)cc2)c1)C(C)C. The zero-order chi connectivity index (χ0) is 90.4. The molecule has 0 radical (unpaired) electrons. The van der Waals surface area contributed by atoms with E-state index < -0.39 is 151 Å². The lowest BCUT2D eigenvalue weighted by atomic mass is 9.76. The Labute approximate surface area is 735 Å². The van der Waals surface area contributed by atoms with Crippen LogP contribution in [0.25, 0.3) is 11.1 Å². The maximum absolute atomic E-state index is 14.6. The predicted molar refractivity (Wildman–Crippen MR) is 485 cm³/mol. The van der Waals surface area contributed by atoms with Gasteiger partial charge >= 0.3 is 0 Å². The molecule has 0 saturated carbocycles. The summed E-state index contributed by atoms with van der Waals surface area (Å²) in [6.07, 6.45) is -5.53. The number of nitrogens with zero attached hydrogens (tertiary/aromatic N) is 1. The molecule has 1 fully saturated rings. The molecule has 17 N–H and O–H groups in total. The van der Waals surface area contributed by atoms with E-state index in [0.29, 0.717) is 43.5 Å². The van der Waals surface area contributed by atoms with Crippen molar-refractivity contribution < 1.29 is 63.6 Å². The second-order valence-corrected chi connectivity index (χ2v) is 34.0. The number of Topliss-reactive ketones (excluding diaryl/α,β-unsaturated/α-hetero) is 2. The second-order valence-electron chi connectivity index (χ2n) is 34.0. The average molecular weight is 1710 g/mol. The van der Waals surface area contributed by atoms with Gasteiger partial charge in [0.2, 0.25) is 41.4 Å². The van der Waals surface area contributed by atoms with Crippen molar-refractivity contribution in [3.63, 3.8) is 0 Å². The Balaban J connectivity index is 0.865. The van der Waals surface area contributed by atoms with Crippen LogP contribution in [0.5, 0.6) is 0 Å². The number of amides is 7. The molecule has 0 bridgehead atoms. The van der Waals surface area contributed by atoms with Gasteiger partial charge in [-0.05, 0) is 153 Å². The molecule has 0 spiro atoms. The smallest absolute Gasteiger partial charge is 0.243 e. The Hall–Kier alpha value is -11.0. The molecule has 8 aromatic carbocycles. The van der Waals surface area contributed by atoms with Gasteiger partial charge in [-0.15, -0.1) is 0 Å². The van der Waals surface area contributed by atoms with Gasteiger partial charge in [-0.25, -0.2) is 0 Å². The van der Waals surface area contributed by atoms with Crippen LogP contribution in [0.1, 0.15) is 162 Å². The summed E-state index contributed by atoms with van der Waals surface area (Å²) >= 11 is 0. The first-order chi connectivity index (χ1) is 59.8. The Morgan fingerprint density at radius 2 is 0.920 bits per heavy atom. The van der Waals surface area contributed by atoms with Crippen molar-refractivity contribution in [2.45, 2.75) is 244 Å². The molecule has 7 amide bonds. The second kappa shape index (κ2) is 47.9. The van der Waals surface area contributed by atoms with Crippen molar-refractivity contribution >= 4 is 52.9 Å². The number of aryl methyl sites for hydroxylation is 3. The zero-order valence-electron chi connectivity index (χ0n) is 73.8. The number of hydrogen-bond donors (Lipinski definition) is 16. The number of ketones is 2. The molecule has 26 heteroatoms. The molecule has 0 aromatic heterocycles. The lowest BCUT2D eigenvalue weighted by molar-refractivity contribution is -0.140. The number of carbonyl (C=O) groups is 9. The third-order valence-corrected chi connectivity index (χ3v) is 22.9. The Kier molecular flexibility index (Phi) is 37.5. The summed E-state index contributed by atoms with van der Waals surface area (Å²) in [7, 11) is 0. The number of aliphatic hydroxyl groups excluding tert-OH is 4. The summed E-state index contributed by atoms with van der Waals surface area (Å²) in [5.74, 6) is -5.67. The van der Waals surface area contributed by atoms with Crippen molar-refractivity contribution in [2.75, 3.05) is 13.1 Å². The number of aliphatic hydroxyl groups is 4. The van der Waals surface area contributed by atoms with Crippen molar-refractivity contribution in [1.29, 1.82) is 0 Å².